The van der Waals surface area contributed by atoms with Gasteiger partial charge in [0.15, 0.2) is 0 Å². The summed E-state index contributed by atoms with van der Waals surface area (Å²) in [5, 5.41) is 0. The van der Waals surface area contributed by atoms with E-state index >= 15 is 0 Å². The number of aryl methyl sites for hydroxylation is 1. The number of aromatic nitrogens is 1. The quantitative estimate of drug-likeness (QED) is 0.308. The molecule has 3 aromatic rings. The Bertz CT molecular complexity index is 1200. The van der Waals surface area contributed by atoms with Crippen LogP contribution in [-0.2, 0) is 28.8 Å². The van der Waals surface area contributed by atoms with E-state index in [1.807, 2.05) is 82.3 Å². The van der Waals surface area contributed by atoms with Crippen molar-refractivity contribution in [3.05, 3.63) is 77.0 Å². The van der Waals surface area contributed by atoms with Gasteiger partial charge in [0.2, 0.25) is 6.43 Å². The first-order valence-electron chi connectivity index (χ1n) is 13.1. The van der Waals surface area contributed by atoms with Crippen LogP contribution in [-0.4, -0.2) is 43.9 Å². The maximum Gasteiger partial charge on any atom is 0.495 e. The summed E-state index contributed by atoms with van der Waals surface area (Å²) in [6.45, 7) is 10.7. The standard InChI is InChI=1S/C30H37BF2N2O4/c1-20-25(16-27(32)33)26(31-38-29(2,3)30(4,5)39-31)17-28(34-20)35(18-21-8-12-23(36-6)13-9-21)19-22-10-14-24(37-7)15-11-22/h8-15,17,27H,16,18-19H2,1-7H3. The van der Waals surface area contributed by atoms with E-state index in [-0.39, 0.29) is 0 Å². The van der Waals surface area contributed by atoms with E-state index in [0.29, 0.717) is 35.6 Å². The van der Waals surface area contributed by atoms with Gasteiger partial charge in [-0.3, -0.25) is 0 Å². The normalized spacial score (nSPS) is 16.0. The van der Waals surface area contributed by atoms with E-state index in [0.717, 1.165) is 22.6 Å². The first kappa shape index (κ1) is 28.8. The Kier molecular flexibility index (Phi) is 8.52. The molecule has 9 heteroatoms. The fourth-order valence-electron chi connectivity index (χ4n) is 4.59. The lowest BCUT2D eigenvalue weighted by molar-refractivity contribution is 0.00578. The topological polar surface area (TPSA) is 53.1 Å². The highest BCUT2D eigenvalue weighted by Crippen LogP contribution is 2.37. The third-order valence-corrected chi connectivity index (χ3v) is 7.61. The van der Waals surface area contributed by atoms with Crippen molar-refractivity contribution < 1.29 is 27.6 Å². The lowest BCUT2D eigenvalue weighted by Crippen LogP contribution is -2.41. The van der Waals surface area contributed by atoms with Crippen LogP contribution in [0.25, 0.3) is 0 Å². The summed E-state index contributed by atoms with van der Waals surface area (Å²) in [5.74, 6) is 2.20. The Balaban J connectivity index is 1.77. The molecule has 39 heavy (non-hydrogen) atoms. The minimum absolute atomic E-state index is 0.421. The predicted octanol–water partition coefficient (Wildman–Crippen LogP) is 5.72. The lowest BCUT2D eigenvalue weighted by Gasteiger charge is -2.32. The predicted molar refractivity (Wildman–Crippen MR) is 150 cm³/mol. The largest absolute Gasteiger partial charge is 0.497 e. The number of alkyl halides is 2. The fourth-order valence-corrected chi connectivity index (χ4v) is 4.59. The number of nitrogens with zero attached hydrogens (tertiary/aromatic N) is 2. The van der Waals surface area contributed by atoms with Gasteiger partial charge in [-0.1, -0.05) is 24.3 Å². The Labute approximate surface area is 230 Å². The molecule has 0 N–H and O–H groups in total. The molecule has 0 atom stereocenters. The van der Waals surface area contributed by atoms with Crippen molar-refractivity contribution in [1.29, 1.82) is 0 Å². The van der Waals surface area contributed by atoms with Crippen molar-refractivity contribution in [2.75, 3.05) is 19.1 Å². The van der Waals surface area contributed by atoms with E-state index in [4.69, 9.17) is 23.8 Å². The summed E-state index contributed by atoms with van der Waals surface area (Å²) in [7, 11) is 2.49. The van der Waals surface area contributed by atoms with Crippen molar-refractivity contribution in [3.63, 3.8) is 0 Å². The maximum absolute atomic E-state index is 13.7. The van der Waals surface area contributed by atoms with E-state index < -0.39 is 31.2 Å². The summed E-state index contributed by atoms with van der Waals surface area (Å²) in [4.78, 5) is 6.95. The minimum Gasteiger partial charge on any atom is -0.497 e. The van der Waals surface area contributed by atoms with Gasteiger partial charge in [-0.15, -0.1) is 0 Å². The van der Waals surface area contributed by atoms with E-state index in [1.165, 1.54) is 0 Å². The first-order valence-corrected chi connectivity index (χ1v) is 13.1. The molecule has 1 fully saturated rings. The molecule has 0 spiro atoms. The molecule has 1 saturated heterocycles. The van der Waals surface area contributed by atoms with Gasteiger partial charge < -0.3 is 23.7 Å². The highest BCUT2D eigenvalue weighted by Gasteiger charge is 2.52. The van der Waals surface area contributed by atoms with Gasteiger partial charge in [0.1, 0.15) is 17.3 Å². The maximum atomic E-state index is 13.7. The molecule has 2 heterocycles. The van der Waals surface area contributed by atoms with Gasteiger partial charge >= 0.3 is 7.12 Å². The van der Waals surface area contributed by atoms with Crippen molar-refractivity contribution in [3.8, 4) is 11.5 Å². The third kappa shape index (κ3) is 6.53. The molecule has 0 bridgehead atoms. The van der Waals surface area contributed by atoms with Gasteiger partial charge in [0.25, 0.3) is 0 Å². The Hall–Kier alpha value is -3.17. The molecule has 4 rings (SSSR count). The van der Waals surface area contributed by atoms with Gasteiger partial charge in [-0.05, 0) is 87.1 Å². The fraction of sp³-hybridized carbons (Fsp3) is 0.433. The molecule has 2 aromatic carbocycles. The molecule has 0 radical (unpaired) electrons. The number of hydrogen-bond donors (Lipinski definition) is 0. The second kappa shape index (κ2) is 11.5. The Morgan fingerprint density at radius 2 is 1.31 bits per heavy atom. The van der Waals surface area contributed by atoms with E-state index in [2.05, 4.69) is 4.90 Å². The molecule has 0 unspecified atom stereocenters. The highest BCUT2D eigenvalue weighted by atomic mass is 19.3. The molecular formula is C30H37BF2N2O4. The minimum atomic E-state index is -2.52. The van der Waals surface area contributed by atoms with Crippen LogP contribution in [0.5, 0.6) is 11.5 Å². The lowest BCUT2D eigenvalue weighted by atomic mass is 9.75. The number of halogens is 2. The average Bonchev–Trinajstić information content (AvgIpc) is 3.11. The molecular weight excluding hydrogens is 501 g/mol. The average molecular weight is 538 g/mol. The van der Waals surface area contributed by atoms with Crippen molar-refractivity contribution in [1.82, 2.24) is 4.98 Å². The van der Waals surface area contributed by atoms with Gasteiger partial charge in [0, 0.05) is 25.2 Å². The second-order valence-electron chi connectivity index (χ2n) is 10.9. The summed E-state index contributed by atoms with van der Waals surface area (Å²) in [5.41, 5.74) is 2.47. The SMILES string of the molecule is COc1ccc(CN(Cc2ccc(OC)cc2)c2cc(B3OC(C)(C)C(C)(C)O3)c(CC(F)F)c(C)n2)cc1. The number of methoxy groups -OCH3 is 2. The smallest absolute Gasteiger partial charge is 0.495 e. The zero-order valence-electron chi connectivity index (χ0n) is 23.8. The van der Waals surface area contributed by atoms with Gasteiger partial charge in [0.05, 0.1) is 25.4 Å². The number of anilines is 1. The summed E-state index contributed by atoms with van der Waals surface area (Å²) in [6.07, 6.45) is -2.94. The van der Waals surface area contributed by atoms with Crippen LogP contribution >= 0.6 is 0 Å². The monoisotopic (exact) mass is 538 g/mol. The van der Waals surface area contributed by atoms with E-state index in [9.17, 15) is 8.78 Å². The number of hydrogen-bond acceptors (Lipinski definition) is 6. The number of rotatable bonds is 10. The first-order chi connectivity index (χ1) is 18.4. The molecule has 0 saturated carbocycles. The molecule has 208 valence electrons. The van der Waals surface area contributed by atoms with E-state index in [1.54, 1.807) is 21.1 Å². The summed E-state index contributed by atoms with van der Waals surface area (Å²) in [6, 6.07) is 17.5. The molecule has 6 nitrogen and oxygen atoms in total. The molecule has 1 aliphatic heterocycles. The van der Waals surface area contributed by atoms with Crippen LogP contribution in [0.15, 0.2) is 54.6 Å². The highest BCUT2D eigenvalue weighted by molar-refractivity contribution is 6.62. The second-order valence-corrected chi connectivity index (χ2v) is 10.9. The molecule has 1 aliphatic rings. The Morgan fingerprint density at radius 1 is 0.846 bits per heavy atom. The van der Waals surface area contributed by atoms with Crippen molar-refractivity contribution in [2.24, 2.45) is 0 Å². The zero-order valence-corrected chi connectivity index (χ0v) is 23.8. The molecule has 0 aliphatic carbocycles. The Morgan fingerprint density at radius 3 is 1.72 bits per heavy atom. The van der Waals surface area contributed by atoms with Crippen molar-refractivity contribution >= 4 is 18.4 Å². The van der Waals surface area contributed by atoms with Crippen LogP contribution in [0.3, 0.4) is 0 Å². The summed E-state index contributed by atoms with van der Waals surface area (Å²) < 4.78 is 50.6. The van der Waals surface area contributed by atoms with Gasteiger partial charge in [-0.25, -0.2) is 13.8 Å². The van der Waals surface area contributed by atoms with Crippen LogP contribution in [0.2, 0.25) is 0 Å². The van der Waals surface area contributed by atoms with Gasteiger partial charge in [-0.2, -0.15) is 0 Å². The third-order valence-electron chi connectivity index (χ3n) is 7.61. The van der Waals surface area contributed by atoms with Crippen molar-refractivity contribution in [2.45, 2.75) is 71.8 Å². The number of benzene rings is 2. The zero-order chi connectivity index (χ0) is 28.4. The number of pyridine rings is 1. The molecule has 1 aromatic heterocycles. The van der Waals surface area contributed by atoms with Crippen LogP contribution in [0.4, 0.5) is 14.6 Å². The molecule has 0 amide bonds. The number of ether oxygens (including phenoxy) is 2. The van der Waals surface area contributed by atoms with Crippen LogP contribution in [0, 0.1) is 6.92 Å². The van der Waals surface area contributed by atoms with Crippen LogP contribution < -0.4 is 19.8 Å². The summed E-state index contributed by atoms with van der Waals surface area (Å²) >= 11 is 0. The van der Waals surface area contributed by atoms with Crippen LogP contribution in [0.1, 0.15) is 50.1 Å².